The van der Waals surface area contributed by atoms with Crippen LogP contribution in [0.3, 0.4) is 0 Å². The number of H-pyrrole nitrogens is 1. The van der Waals surface area contributed by atoms with E-state index in [9.17, 15) is 9.59 Å². The minimum Gasteiger partial charge on any atom is -0.495 e. The molecule has 0 bridgehead atoms. The molecule has 1 aliphatic heterocycles. The number of nitrogens with one attached hydrogen (secondary N) is 2. The second-order valence-electron chi connectivity index (χ2n) is 7.03. The molecule has 2 heterocycles. The second-order valence-corrected chi connectivity index (χ2v) is 7.47. The van der Waals surface area contributed by atoms with Gasteiger partial charge in [0.25, 0.3) is 0 Å². The number of ether oxygens (including phenoxy) is 1. The first kappa shape index (κ1) is 19.9. The molecule has 1 saturated heterocycles. The van der Waals surface area contributed by atoms with Crippen LogP contribution in [-0.4, -0.2) is 40.7 Å². The average molecular weight is 426 g/mol. The van der Waals surface area contributed by atoms with E-state index in [0.29, 0.717) is 28.0 Å². The van der Waals surface area contributed by atoms with Crippen LogP contribution in [0.5, 0.6) is 5.75 Å². The van der Waals surface area contributed by atoms with Gasteiger partial charge in [-0.2, -0.15) is 5.10 Å². The van der Waals surface area contributed by atoms with Crippen molar-refractivity contribution in [2.24, 2.45) is 5.92 Å². The first-order chi connectivity index (χ1) is 14.4. The number of hydrogen-bond acceptors (Lipinski definition) is 5. The number of aromatic nitrogens is 3. The van der Waals surface area contributed by atoms with Crippen LogP contribution in [0.15, 0.2) is 42.5 Å². The SMILES string of the molecule is COc1ccc(Cl)cc1N1CC(C(=O)Nc2ccc(-c3n[nH]c(C)n3)cc2)CC1=O. The lowest BCUT2D eigenvalue weighted by atomic mass is 10.1. The van der Waals surface area contributed by atoms with Gasteiger partial charge in [-0.15, -0.1) is 0 Å². The third-order valence-electron chi connectivity index (χ3n) is 4.94. The van der Waals surface area contributed by atoms with Gasteiger partial charge >= 0.3 is 0 Å². The largest absolute Gasteiger partial charge is 0.495 e. The predicted octanol–water partition coefficient (Wildman–Crippen LogP) is 3.43. The number of anilines is 2. The Morgan fingerprint density at radius 2 is 2.03 bits per heavy atom. The summed E-state index contributed by atoms with van der Waals surface area (Å²) < 4.78 is 5.34. The van der Waals surface area contributed by atoms with Crippen molar-refractivity contribution in [3.8, 4) is 17.1 Å². The predicted molar refractivity (Wildman–Crippen MR) is 114 cm³/mol. The maximum atomic E-state index is 12.7. The minimum atomic E-state index is -0.475. The number of amides is 2. The Morgan fingerprint density at radius 3 is 2.70 bits per heavy atom. The highest BCUT2D eigenvalue weighted by atomic mass is 35.5. The number of halogens is 1. The van der Waals surface area contributed by atoms with Crippen molar-refractivity contribution in [3.05, 3.63) is 53.3 Å². The molecule has 2 amide bonds. The van der Waals surface area contributed by atoms with Gasteiger partial charge in [-0.25, -0.2) is 4.98 Å². The summed E-state index contributed by atoms with van der Waals surface area (Å²) in [5, 5.41) is 10.3. The quantitative estimate of drug-likeness (QED) is 0.652. The van der Waals surface area contributed by atoms with Crippen LogP contribution >= 0.6 is 11.6 Å². The molecular weight excluding hydrogens is 406 g/mol. The number of methoxy groups -OCH3 is 1. The van der Waals surface area contributed by atoms with Crippen molar-refractivity contribution >= 4 is 34.8 Å². The molecule has 1 unspecified atom stereocenters. The summed E-state index contributed by atoms with van der Waals surface area (Å²) in [5.41, 5.74) is 2.05. The normalized spacial score (nSPS) is 16.0. The number of nitrogens with zero attached hydrogens (tertiary/aromatic N) is 3. The molecule has 2 N–H and O–H groups in total. The van der Waals surface area contributed by atoms with Crippen molar-refractivity contribution in [2.45, 2.75) is 13.3 Å². The number of rotatable bonds is 5. The van der Waals surface area contributed by atoms with Crippen LogP contribution in [-0.2, 0) is 9.59 Å². The van der Waals surface area contributed by atoms with Gasteiger partial charge in [0.15, 0.2) is 5.82 Å². The molecule has 2 aromatic carbocycles. The van der Waals surface area contributed by atoms with Gasteiger partial charge in [0, 0.05) is 29.2 Å². The van der Waals surface area contributed by atoms with Crippen molar-refractivity contribution in [1.82, 2.24) is 15.2 Å². The van der Waals surface area contributed by atoms with Gasteiger partial charge in [-0.3, -0.25) is 14.7 Å². The molecule has 0 spiro atoms. The summed E-state index contributed by atoms with van der Waals surface area (Å²) >= 11 is 6.08. The van der Waals surface area contributed by atoms with Crippen LogP contribution in [0.25, 0.3) is 11.4 Å². The van der Waals surface area contributed by atoms with E-state index in [2.05, 4.69) is 20.5 Å². The van der Waals surface area contributed by atoms with E-state index in [1.165, 1.54) is 7.11 Å². The molecule has 8 nitrogen and oxygen atoms in total. The number of benzene rings is 2. The topological polar surface area (TPSA) is 100 Å². The Bertz CT molecular complexity index is 1100. The molecule has 0 aliphatic carbocycles. The van der Waals surface area contributed by atoms with Crippen LogP contribution in [0, 0.1) is 12.8 Å². The lowest BCUT2D eigenvalue weighted by molar-refractivity contribution is -0.122. The molecule has 0 radical (unpaired) electrons. The second kappa shape index (κ2) is 8.16. The molecule has 1 fully saturated rings. The number of aromatic amines is 1. The molecular formula is C21H20ClN5O3. The maximum absolute atomic E-state index is 12.7. The minimum absolute atomic E-state index is 0.121. The van der Waals surface area contributed by atoms with Crippen molar-refractivity contribution in [3.63, 3.8) is 0 Å². The van der Waals surface area contributed by atoms with Crippen LogP contribution in [0.2, 0.25) is 5.02 Å². The standard InChI is InChI=1S/C21H20ClN5O3/c1-12-23-20(26-25-12)13-3-6-16(7-4-13)24-21(29)14-9-19(28)27(11-14)17-10-15(22)5-8-18(17)30-2/h3-8,10,14H,9,11H2,1-2H3,(H,24,29)(H,23,25,26). The highest BCUT2D eigenvalue weighted by Crippen LogP contribution is 2.35. The zero-order chi connectivity index (χ0) is 21.3. The van der Waals surface area contributed by atoms with E-state index in [4.69, 9.17) is 16.3 Å². The fourth-order valence-electron chi connectivity index (χ4n) is 3.41. The molecule has 1 atom stereocenters. The number of carbonyl (C=O) groups is 2. The zero-order valence-electron chi connectivity index (χ0n) is 16.5. The molecule has 0 saturated carbocycles. The molecule has 4 rings (SSSR count). The molecule has 9 heteroatoms. The Hall–Kier alpha value is -3.39. The third kappa shape index (κ3) is 3.99. The van der Waals surface area contributed by atoms with Gasteiger partial charge < -0.3 is 15.0 Å². The number of carbonyl (C=O) groups excluding carboxylic acids is 2. The first-order valence-corrected chi connectivity index (χ1v) is 9.76. The van der Waals surface area contributed by atoms with E-state index >= 15 is 0 Å². The smallest absolute Gasteiger partial charge is 0.229 e. The summed E-state index contributed by atoms with van der Waals surface area (Å²) in [4.78, 5) is 31.1. The fourth-order valence-corrected chi connectivity index (χ4v) is 3.58. The van der Waals surface area contributed by atoms with Crippen molar-refractivity contribution in [2.75, 3.05) is 23.9 Å². The highest BCUT2D eigenvalue weighted by molar-refractivity contribution is 6.31. The highest BCUT2D eigenvalue weighted by Gasteiger charge is 2.36. The lowest BCUT2D eigenvalue weighted by Crippen LogP contribution is -2.28. The van der Waals surface area contributed by atoms with Crippen molar-refractivity contribution < 1.29 is 14.3 Å². The van der Waals surface area contributed by atoms with Crippen LogP contribution < -0.4 is 15.0 Å². The van der Waals surface area contributed by atoms with Gasteiger partial charge in [-0.05, 0) is 49.4 Å². The van der Waals surface area contributed by atoms with Crippen LogP contribution in [0.1, 0.15) is 12.2 Å². The summed E-state index contributed by atoms with van der Waals surface area (Å²) in [6, 6.07) is 12.3. The Kier molecular flexibility index (Phi) is 5.41. The molecule has 1 aromatic heterocycles. The summed E-state index contributed by atoms with van der Waals surface area (Å²) in [6.45, 7) is 2.09. The summed E-state index contributed by atoms with van der Waals surface area (Å²) in [6.07, 6.45) is 0.121. The zero-order valence-corrected chi connectivity index (χ0v) is 17.2. The van der Waals surface area contributed by atoms with Gasteiger partial charge in [-0.1, -0.05) is 11.6 Å². The van der Waals surface area contributed by atoms with Gasteiger partial charge in [0.2, 0.25) is 11.8 Å². The summed E-state index contributed by atoms with van der Waals surface area (Å²) in [7, 11) is 1.53. The van der Waals surface area contributed by atoms with Crippen LogP contribution in [0.4, 0.5) is 11.4 Å². The Balaban J connectivity index is 1.45. The van der Waals surface area contributed by atoms with Gasteiger partial charge in [0.05, 0.1) is 18.7 Å². The van der Waals surface area contributed by atoms with E-state index < -0.39 is 5.92 Å². The number of aryl methyl sites for hydroxylation is 1. The van der Waals surface area contributed by atoms with E-state index in [-0.39, 0.29) is 24.8 Å². The van der Waals surface area contributed by atoms with E-state index in [1.807, 2.05) is 19.1 Å². The van der Waals surface area contributed by atoms with Crippen molar-refractivity contribution in [1.29, 1.82) is 0 Å². The first-order valence-electron chi connectivity index (χ1n) is 9.39. The third-order valence-corrected chi connectivity index (χ3v) is 5.17. The molecule has 30 heavy (non-hydrogen) atoms. The Morgan fingerprint density at radius 1 is 1.27 bits per heavy atom. The van der Waals surface area contributed by atoms with E-state index in [1.54, 1.807) is 35.2 Å². The average Bonchev–Trinajstić information content (AvgIpc) is 3.34. The molecule has 154 valence electrons. The Labute approximate surface area is 178 Å². The summed E-state index contributed by atoms with van der Waals surface area (Å²) in [5.74, 6) is 1.02. The van der Waals surface area contributed by atoms with E-state index in [0.717, 1.165) is 11.4 Å². The maximum Gasteiger partial charge on any atom is 0.229 e. The lowest BCUT2D eigenvalue weighted by Gasteiger charge is -2.20. The number of hydrogen-bond donors (Lipinski definition) is 2. The van der Waals surface area contributed by atoms with Gasteiger partial charge in [0.1, 0.15) is 11.6 Å². The monoisotopic (exact) mass is 425 g/mol. The molecule has 3 aromatic rings. The molecule has 1 aliphatic rings. The fraction of sp³-hybridized carbons (Fsp3) is 0.238.